The molecule has 0 saturated carbocycles. The number of carbonyl (C=O) groups is 2. The first-order valence-corrected chi connectivity index (χ1v) is 11.7. The number of benzene rings is 1. The molecule has 7 nitrogen and oxygen atoms in total. The Labute approximate surface area is 208 Å². The summed E-state index contributed by atoms with van der Waals surface area (Å²) in [6.45, 7) is 4.96. The maximum atomic E-state index is 15.1. The number of piperazine rings is 1. The minimum atomic E-state index is -0.984. The molecule has 0 radical (unpaired) electrons. The third kappa shape index (κ3) is 5.23. The average Bonchev–Trinajstić information content (AvgIpc) is 2.91. The average molecular weight is 490 g/mol. The van der Waals surface area contributed by atoms with Crippen molar-refractivity contribution in [2.45, 2.75) is 26.7 Å². The first-order valence-electron chi connectivity index (χ1n) is 11.7. The van der Waals surface area contributed by atoms with Crippen LogP contribution in [0.4, 0.5) is 8.78 Å². The van der Waals surface area contributed by atoms with E-state index < -0.39 is 23.1 Å². The van der Waals surface area contributed by atoms with E-state index in [2.05, 4.69) is 26.8 Å². The van der Waals surface area contributed by atoms with Crippen LogP contribution in [0.5, 0.6) is 0 Å². The van der Waals surface area contributed by atoms with Gasteiger partial charge in [0.15, 0.2) is 0 Å². The van der Waals surface area contributed by atoms with E-state index in [-0.39, 0.29) is 24.3 Å². The van der Waals surface area contributed by atoms with Gasteiger partial charge < -0.3 is 9.80 Å². The Kier molecular flexibility index (Phi) is 7.64. The Balaban J connectivity index is 1.69. The highest BCUT2D eigenvalue weighted by atomic mass is 19.1. The van der Waals surface area contributed by atoms with Gasteiger partial charge >= 0.3 is 0 Å². The maximum Gasteiger partial charge on any atom is 0.259 e. The van der Waals surface area contributed by atoms with E-state index in [1.165, 1.54) is 16.1 Å². The summed E-state index contributed by atoms with van der Waals surface area (Å²) in [4.78, 5) is 39.5. The number of carbonyl (C=O) groups excluding carboxylic acids is 2. The summed E-state index contributed by atoms with van der Waals surface area (Å²) in [7, 11) is 0. The molecule has 1 fully saturated rings. The van der Waals surface area contributed by atoms with Crippen molar-refractivity contribution in [1.29, 1.82) is 0 Å². The van der Waals surface area contributed by atoms with Gasteiger partial charge in [0.25, 0.3) is 5.91 Å². The minimum absolute atomic E-state index is 0.160. The molecule has 4 rings (SSSR count). The van der Waals surface area contributed by atoms with Crippen molar-refractivity contribution in [2.75, 3.05) is 26.2 Å². The lowest BCUT2D eigenvalue weighted by Gasteiger charge is -2.32. The molecule has 36 heavy (non-hydrogen) atoms. The molecule has 2 aromatic heterocycles. The Morgan fingerprint density at radius 2 is 1.72 bits per heavy atom. The maximum absolute atomic E-state index is 15.1. The molecule has 184 valence electrons. The Morgan fingerprint density at radius 1 is 1.00 bits per heavy atom. The largest absolute Gasteiger partial charge is 0.342 e. The number of hydrogen-bond acceptors (Lipinski definition) is 5. The number of pyridine rings is 1. The number of rotatable bonds is 5. The second kappa shape index (κ2) is 11.0. The van der Waals surface area contributed by atoms with E-state index in [0.29, 0.717) is 42.7 Å². The molecule has 0 N–H and O–H groups in total. The van der Waals surface area contributed by atoms with Crippen molar-refractivity contribution in [3.8, 4) is 23.1 Å². The molecule has 3 aromatic rings. The van der Waals surface area contributed by atoms with Crippen molar-refractivity contribution in [3.63, 3.8) is 0 Å². The van der Waals surface area contributed by atoms with E-state index >= 15 is 8.78 Å². The third-order valence-corrected chi connectivity index (χ3v) is 6.06. The molecule has 1 aliphatic rings. The lowest BCUT2D eigenvalue weighted by Crippen LogP contribution is -2.48. The Bertz CT molecular complexity index is 1320. The van der Waals surface area contributed by atoms with Crippen LogP contribution in [0.15, 0.2) is 36.8 Å². The van der Waals surface area contributed by atoms with E-state index in [0.717, 1.165) is 24.2 Å². The van der Waals surface area contributed by atoms with E-state index in [4.69, 9.17) is 0 Å². The van der Waals surface area contributed by atoms with Gasteiger partial charge in [-0.3, -0.25) is 14.6 Å². The van der Waals surface area contributed by atoms with Gasteiger partial charge in [0, 0.05) is 49.2 Å². The van der Waals surface area contributed by atoms with Crippen LogP contribution in [-0.2, 0) is 17.6 Å². The standard InChI is InChI=1S/C27H25F2N5O2/c1-3-20-7-5-18(15-30-20)6-8-21-24(4-2)31-16-32-26(21)19-13-22(28)25(23(29)14-19)27(36)34-11-9-33(17-35)10-12-34/h5,7,13-17H,3-4,9-12H2,1-2H3. The van der Waals surface area contributed by atoms with E-state index in [1.54, 1.807) is 6.20 Å². The highest BCUT2D eigenvalue weighted by molar-refractivity contribution is 5.95. The first kappa shape index (κ1) is 24.9. The van der Waals surface area contributed by atoms with Gasteiger partial charge in [0.05, 0.1) is 17.0 Å². The monoisotopic (exact) mass is 489 g/mol. The summed E-state index contributed by atoms with van der Waals surface area (Å²) in [6, 6.07) is 5.96. The summed E-state index contributed by atoms with van der Waals surface area (Å²) in [5, 5.41) is 0. The van der Waals surface area contributed by atoms with E-state index in [1.807, 2.05) is 26.0 Å². The molecular weight excluding hydrogens is 464 g/mol. The van der Waals surface area contributed by atoms with Crippen LogP contribution in [0.25, 0.3) is 11.3 Å². The molecule has 1 saturated heterocycles. The summed E-state index contributed by atoms with van der Waals surface area (Å²) in [5.41, 5.74) is 2.55. The van der Waals surface area contributed by atoms with Gasteiger partial charge in [-0.15, -0.1) is 0 Å². The highest BCUT2D eigenvalue weighted by Gasteiger charge is 2.27. The molecule has 3 heterocycles. The lowest BCUT2D eigenvalue weighted by molar-refractivity contribution is -0.119. The van der Waals surface area contributed by atoms with Crippen LogP contribution in [0.2, 0.25) is 0 Å². The van der Waals surface area contributed by atoms with Crippen molar-refractivity contribution < 1.29 is 18.4 Å². The number of halogens is 2. The number of nitrogens with zero attached hydrogens (tertiary/aromatic N) is 5. The zero-order chi connectivity index (χ0) is 25.7. The molecule has 1 aromatic carbocycles. The zero-order valence-corrected chi connectivity index (χ0v) is 20.1. The summed E-state index contributed by atoms with van der Waals surface area (Å²) in [6.07, 6.45) is 5.06. The van der Waals surface area contributed by atoms with Crippen molar-refractivity contribution in [1.82, 2.24) is 24.8 Å². The summed E-state index contributed by atoms with van der Waals surface area (Å²) >= 11 is 0. The fraction of sp³-hybridized carbons (Fsp3) is 0.296. The molecular formula is C27H25F2N5O2. The predicted molar refractivity (Wildman–Crippen MR) is 130 cm³/mol. The fourth-order valence-corrected chi connectivity index (χ4v) is 3.99. The molecule has 2 amide bonds. The number of aryl methyl sites for hydroxylation is 2. The van der Waals surface area contributed by atoms with Gasteiger partial charge in [0.1, 0.15) is 23.5 Å². The molecule has 0 spiro atoms. The molecule has 1 aliphatic heterocycles. The van der Waals surface area contributed by atoms with Gasteiger partial charge in [-0.1, -0.05) is 25.7 Å². The lowest BCUT2D eigenvalue weighted by atomic mass is 10.0. The quantitative estimate of drug-likeness (QED) is 0.406. The van der Waals surface area contributed by atoms with Crippen molar-refractivity contribution in [3.05, 3.63) is 76.5 Å². The zero-order valence-electron chi connectivity index (χ0n) is 20.1. The summed E-state index contributed by atoms with van der Waals surface area (Å²) in [5.74, 6) is 3.38. The summed E-state index contributed by atoms with van der Waals surface area (Å²) < 4.78 is 30.3. The van der Waals surface area contributed by atoms with Crippen LogP contribution in [0.1, 0.15) is 46.7 Å². The molecule has 0 aliphatic carbocycles. The Hall–Kier alpha value is -4.19. The first-order chi connectivity index (χ1) is 17.4. The van der Waals surface area contributed by atoms with Crippen LogP contribution < -0.4 is 0 Å². The van der Waals surface area contributed by atoms with Gasteiger partial charge in [-0.25, -0.2) is 18.7 Å². The number of amides is 2. The minimum Gasteiger partial charge on any atom is -0.342 e. The van der Waals surface area contributed by atoms with E-state index in [9.17, 15) is 9.59 Å². The highest BCUT2D eigenvalue weighted by Crippen LogP contribution is 2.27. The number of aromatic nitrogens is 3. The van der Waals surface area contributed by atoms with Crippen molar-refractivity contribution in [2.24, 2.45) is 0 Å². The van der Waals surface area contributed by atoms with Crippen LogP contribution in [0, 0.1) is 23.5 Å². The SMILES string of the molecule is CCc1ccc(C#Cc2c(CC)ncnc2-c2cc(F)c(C(=O)N3CCN(C=O)CC3)c(F)c2)cn1. The van der Waals surface area contributed by atoms with Crippen LogP contribution in [-0.4, -0.2) is 63.2 Å². The van der Waals surface area contributed by atoms with Gasteiger partial charge in [-0.05, 0) is 37.1 Å². The third-order valence-electron chi connectivity index (χ3n) is 6.06. The second-order valence-electron chi connectivity index (χ2n) is 8.29. The van der Waals surface area contributed by atoms with Crippen molar-refractivity contribution >= 4 is 12.3 Å². The fourth-order valence-electron chi connectivity index (χ4n) is 3.99. The molecule has 0 atom stereocenters. The van der Waals surface area contributed by atoms with Gasteiger partial charge in [0.2, 0.25) is 6.41 Å². The molecule has 9 heteroatoms. The molecule has 0 unspecified atom stereocenters. The molecule has 0 bridgehead atoms. The second-order valence-corrected chi connectivity index (χ2v) is 8.29. The van der Waals surface area contributed by atoms with Crippen LogP contribution in [0.3, 0.4) is 0 Å². The topological polar surface area (TPSA) is 79.3 Å². The van der Waals surface area contributed by atoms with Crippen LogP contribution >= 0.6 is 0 Å². The smallest absolute Gasteiger partial charge is 0.259 e. The van der Waals surface area contributed by atoms with Gasteiger partial charge in [-0.2, -0.15) is 0 Å². The Morgan fingerprint density at radius 3 is 2.31 bits per heavy atom. The normalized spacial score (nSPS) is 13.2. The number of hydrogen-bond donors (Lipinski definition) is 0. The predicted octanol–water partition coefficient (Wildman–Crippen LogP) is 3.26.